The molecule has 0 aliphatic heterocycles. The van der Waals surface area contributed by atoms with E-state index < -0.39 is 0 Å². The maximum Gasteiger partial charge on any atom is 0.330 e. The number of rotatable bonds is 6. The van der Waals surface area contributed by atoms with E-state index in [4.69, 9.17) is 4.74 Å². The Labute approximate surface area is 93.7 Å². The zero-order chi connectivity index (χ0) is 11.7. The van der Waals surface area contributed by atoms with Crippen LogP contribution in [0.1, 0.15) is 59.8 Å². The van der Waals surface area contributed by atoms with E-state index in [9.17, 15) is 4.79 Å². The maximum atomic E-state index is 11.2. The van der Waals surface area contributed by atoms with Crippen LogP contribution in [0.2, 0.25) is 0 Å². The molecule has 0 aliphatic rings. The lowest BCUT2D eigenvalue weighted by Gasteiger charge is -2.17. The molecular weight excluding hydrogens is 188 g/mol. The minimum Gasteiger partial charge on any atom is -0.457 e. The third kappa shape index (κ3) is 11.1. The highest BCUT2D eigenvalue weighted by molar-refractivity contribution is 5.82. The van der Waals surface area contributed by atoms with Gasteiger partial charge >= 0.3 is 5.97 Å². The van der Waals surface area contributed by atoms with Gasteiger partial charge in [-0.15, -0.1) is 0 Å². The van der Waals surface area contributed by atoms with Crippen molar-refractivity contribution in [3.05, 3.63) is 12.2 Å². The van der Waals surface area contributed by atoms with Gasteiger partial charge in [-0.2, -0.15) is 0 Å². The van der Waals surface area contributed by atoms with Crippen LogP contribution in [0.15, 0.2) is 12.2 Å². The van der Waals surface area contributed by atoms with Crippen LogP contribution in [0, 0.1) is 0 Å². The summed E-state index contributed by atoms with van der Waals surface area (Å²) in [6.07, 6.45) is 9.35. The normalized spacial score (nSPS) is 12.0. The van der Waals surface area contributed by atoms with Gasteiger partial charge in [-0.05, 0) is 33.6 Å². The average molecular weight is 212 g/mol. The Morgan fingerprint density at radius 3 is 2.40 bits per heavy atom. The lowest BCUT2D eigenvalue weighted by atomic mass is 10.1. The van der Waals surface area contributed by atoms with Crippen molar-refractivity contribution in [1.82, 2.24) is 0 Å². The molecule has 2 heteroatoms. The molecule has 0 fully saturated rings. The van der Waals surface area contributed by atoms with Gasteiger partial charge in [0, 0.05) is 6.08 Å². The molecule has 0 aromatic carbocycles. The number of unbranched alkanes of at least 4 members (excludes halogenated alkanes) is 4. The quantitative estimate of drug-likeness (QED) is 0.380. The van der Waals surface area contributed by atoms with Gasteiger partial charge in [-0.1, -0.05) is 32.3 Å². The first-order valence-electron chi connectivity index (χ1n) is 5.85. The van der Waals surface area contributed by atoms with E-state index in [0.29, 0.717) is 0 Å². The third-order valence-electron chi connectivity index (χ3n) is 1.89. The predicted molar refractivity (Wildman–Crippen MR) is 63.7 cm³/mol. The van der Waals surface area contributed by atoms with Gasteiger partial charge in [0.1, 0.15) is 5.60 Å². The van der Waals surface area contributed by atoms with Crippen molar-refractivity contribution in [2.75, 3.05) is 0 Å². The second-order valence-electron chi connectivity index (χ2n) is 4.79. The molecule has 88 valence electrons. The molecule has 0 unspecified atom stereocenters. The van der Waals surface area contributed by atoms with Crippen LogP contribution in [0.4, 0.5) is 0 Å². The molecule has 0 amide bonds. The summed E-state index contributed by atoms with van der Waals surface area (Å²) in [6.45, 7) is 7.82. The molecule has 0 heterocycles. The summed E-state index contributed by atoms with van der Waals surface area (Å²) >= 11 is 0. The molecule has 15 heavy (non-hydrogen) atoms. The smallest absolute Gasteiger partial charge is 0.330 e. The molecule has 0 spiro atoms. The maximum absolute atomic E-state index is 11.2. The van der Waals surface area contributed by atoms with E-state index >= 15 is 0 Å². The molecule has 0 aromatic rings. The van der Waals surface area contributed by atoms with Gasteiger partial charge in [0.2, 0.25) is 0 Å². The molecule has 0 atom stereocenters. The van der Waals surface area contributed by atoms with E-state index in [0.717, 1.165) is 12.8 Å². The molecule has 0 saturated heterocycles. The first kappa shape index (κ1) is 14.2. The van der Waals surface area contributed by atoms with Gasteiger partial charge in [0.05, 0.1) is 0 Å². The summed E-state index contributed by atoms with van der Waals surface area (Å²) in [7, 11) is 0. The first-order valence-corrected chi connectivity index (χ1v) is 5.85. The van der Waals surface area contributed by atoms with E-state index in [1.54, 1.807) is 0 Å². The Kier molecular flexibility index (Phi) is 7.10. The zero-order valence-electron chi connectivity index (χ0n) is 10.5. The Morgan fingerprint density at radius 1 is 1.20 bits per heavy atom. The van der Waals surface area contributed by atoms with Crippen molar-refractivity contribution < 1.29 is 9.53 Å². The van der Waals surface area contributed by atoms with Crippen molar-refractivity contribution in [1.29, 1.82) is 0 Å². The Bertz CT molecular complexity index is 199. The summed E-state index contributed by atoms with van der Waals surface area (Å²) in [6, 6.07) is 0. The van der Waals surface area contributed by atoms with Crippen LogP contribution in [0.25, 0.3) is 0 Å². The van der Waals surface area contributed by atoms with Crippen LogP contribution < -0.4 is 0 Å². The number of hydrogen-bond acceptors (Lipinski definition) is 2. The van der Waals surface area contributed by atoms with E-state index in [-0.39, 0.29) is 11.6 Å². The van der Waals surface area contributed by atoms with Gasteiger partial charge < -0.3 is 4.74 Å². The van der Waals surface area contributed by atoms with E-state index in [2.05, 4.69) is 6.92 Å². The number of carbonyl (C=O) groups is 1. The molecule has 0 N–H and O–H groups in total. The molecule has 0 radical (unpaired) electrons. The van der Waals surface area contributed by atoms with Crippen LogP contribution in [-0.4, -0.2) is 11.6 Å². The second-order valence-corrected chi connectivity index (χ2v) is 4.79. The second kappa shape index (κ2) is 7.49. The predicted octanol–water partition coefficient (Wildman–Crippen LogP) is 3.85. The minimum atomic E-state index is -0.385. The number of hydrogen-bond donors (Lipinski definition) is 0. The van der Waals surface area contributed by atoms with Crippen molar-refractivity contribution >= 4 is 5.97 Å². The monoisotopic (exact) mass is 212 g/mol. The standard InChI is InChI=1S/C13H24O2/c1-5-6-7-8-9-10-11-12(14)15-13(2,3)4/h10-11H,5-9H2,1-4H3. The Morgan fingerprint density at radius 2 is 1.87 bits per heavy atom. The molecule has 0 bridgehead atoms. The van der Waals surface area contributed by atoms with Gasteiger partial charge in [-0.25, -0.2) is 4.79 Å². The van der Waals surface area contributed by atoms with Crippen LogP contribution in [0.3, 0.4) is 0 Å². The first-order chi connectivity index (χ1) is 6.95. The van der Waals surface area contributed by atoms with Gasteiger partial charge in [-0.3, -0.25) is 0 Å². The van der Waals surface area contributed by atoms with Gasteiger partial charge in [0.25, 0.3) is 0 Å². The molecule has 0 saturated carbocycles. The summed E-state index contributed by atoms with van der Waals surface area (Å²) in [4.78, 5) is 11.2. The molecule has 0 aliphatic carbocycles. The minimum absolute atomic E-state index is 0.238. The SMILES string of the molecule is CCCCCCC=CC(=O)OC(C)(C)C. The Balaban J connectivity index is 3.55. The van der Waals surface area contributed by atoms with Crippen molar-refractivity contribution in [2.24, 2.45) is 0 Å². The lowest BCUT2D eigenvalue weighted by molar-refractivity contribution is -0.148. The zero-order valence-corrected chi connectivity index (χ0v) is 10.5. The highest BCUT2D eigenvalue weighted by Gasteiger charge is 2.13. The average Bonchev–Trinajstić information content (AvgIpc) is 2.08. The fraction of sp³-hybridized carbons (Fsp3) is 0.769. The molecule has 0 rings (SSSR count). The molecular formula is C13H24O2. The number of esters is 1. The highest BCUT2D eigenvalue weighted by Crippen LogP contribution is 2.08. The summed E-state index contributed by atoms with van der Waals surface area (Å²) in [5.41, 5.74) is -0.385. The summed E-state index contributed by atoms with van der Waals surface area (Å²) in [5.74, 6) is -0.238. The van der Waals surface area contributed by atoms with Crippen molar-refractivity contribution in [3.63, 3.8) is 0 Å². The van der Waals surface area contributed by atoms with Crippen LogP contribution >= 0.6 is 0 Å². The Hall–Kier alpha value is -0.790. The van der Waals surface area contributed by atoms with E-state index in [1.165, 1.54) is 25.3 Å². The van der Waals surface area contributed by atoms with E-state index in [1.807, 2.05) is 26.8 Å². The van der Waals surface area contributed by atoms with Gasteiger partial charge in [0.15, 0.2) is 0 Å². The number of carbonyl (C=O) groups excluding carboxylic acids is 1. The summed E-state index contributed by atoms with van der Waals surface area (Å²) < 4.78 is 5.14. The van der Waals surface area contributed by atoms with Crippen molar-refractivity contribution in [3.8, 4) is 0 Å². The fourth-order valence-corrected chi connectivity index (χ4v) is 1.20. The van der Waals surface area contributed by atoms with Crippen LogP contribution in [0.5, 0.6) is 0 Å². The fourth-order valence-electron chi connectivity index (χ4n) is 1.20. The van der Waals surface area contributed by atoms with Crippen LogP contribution in [-0.2, 0) is 9.53 Å². The number of allylic oxidation sites excluding steroid dienone is 1. The largest absolute Gasteiger partial charge is 0.457 e. The number of ether oxygens (including phenoxy) is 1. The van der Waals surface area contributed by atoms with Crippen molar-refractivity contribution in [2.45, 2.75) is 65.4 Å². The highest BCUT2D eigenvalue weighted by atomic mass is 16.6. The molecule has 2 nitrogen and oxygen atoms in total. The lowest BCUT2D eigenvalue weighted by Crippen LogP contribution is -2.22. The third-order valence-corrected chi connectivity index (χ3v) is 1.89. The molecule has 0 aromatic heterocycles. The topological polar surface area (TPSA) is 26.3 Å². The summed E-state index contributed by atoms with van der Waals surface area (Å²) in [5, 5.41) is 0.